The van der Waals surface area contributed by atoms with Gasteiger partial charge in [-0.1, -0.05) is 31.9 Å². The van der Waals surface area contributed by atoms with E-state index in [1.165, 1.54) is 0 Å². The number of hydrogen-bond donors (Lipinski definition) is 0. The molecule has 3 aliphatic rings. The monoisotopic (exact) mass is 427 g/mol. The van der Waals surface area contributed by atoms with Crippen molar-refractivity contribution in [3.63, 3.8) is 0 Å². The first-order valence-electron chi connectivity index (χ1n) is 6.09. The number of β-lactam (4-membered cyclic amide) rings is 1. The second-order valence-corrected chi connectivity index (χ2v) is 16.1. The van der Waals surface area contributed by atoms with Crippen molar-refractivity contribution in [2.75, 3.05) is 0 Å². The van der Waals surface area contributed by atoms with Crippen LogP contribution in [0.3, 0.4) is 0 Å². The molecule has 0 aromatic carbocycles. The minimum Gasteiger partial charge on any atom is -0.518 e. The first-order chi connectivity index (χ1) is 8.46. The van der Waals surface area contributed by atoms with Gasteiger partial charge >= 0.3 is 5.97 Å². The highest BCUT2D eigenvalue weighted by atomic mass is 79.9. The third-order valence-corrected chi connectivity index (χ3v) is 8.65. The van der Waals surface area contributed by atoms with Crippen LogP contribution in [0.1, 0.15) is 13.3 Å². The average Bonchev–Trinajstić information content (AvgIpc) is 2.75. The minimum absolute atomic E-state index is 0.0343. The fourth-order valence-electron chi connectivity index (χ4n) is 2.89. The Labute approximate surface area is 134 Å². The van der Waals surface area contributed by atoms with Crippen molar-refractivity contribution in [3.8, 4) is 0 Å². The van der Waals surface area contributed by atoms with Gasteiger partial charge in [0.15, 0.2) is 8.77 Å². The molecule has 3 fully saturated rings. The Bertz CT molecular complexity index is 509. The van der Waals surface area contributed by atoms with Gasteiger partial charge in [0.2, 0.25) is 8.32 Å². The maximum Gasteiger partial charge on any atom is 0.320 e. The van der Waals surface area contributed by atoms with Crippen molar-refractivity contribution in [3.05, 3.63) is 0 Å². The molecule has 4 nitrogen and oxygen atoms in total. The zero-order chi connectivity index (χ0) is 14.4. The highest BCUT2D eigenvalue weighted by molar-refractivity contribution is 9.26. The summed E-state index contributed by atoms with van der Waals surface area (Å²) >= 11 is 8.49. The molecule has 106 valence electrons. The molecule has 0 spiro atoms. The highest BCUT2D eigenvalue weighted by Gasteiger charge is 2.87. The molecule has 19 heavy (non-hydrogen) atoms. The van der Waals surface area contributed by atoms with Crippen LogP contribution in [0.4, 0.5) is 0 Å². The molecule has 1 amide bonds. The van der Waals surface area contributed by atoms with Crippen molar-refractivity contribution < 1.29 is 14.0 Å². The van der Waals surface area contributed by atoms with E-state index in [1.807, 2.05) is 26.6 Å². The summed E-state index contributed by atoms with van der Waals surface area (Å²) in [6.07, 6.45) is 0.701. The van der Waals surface area contributed by atoms with Crippen molar-refractivity contribution >= 4 is 63.8 Å². The summed E-state index contributed by atoms with van der Waals surface area (Å²) in [5.74, 6) is -0.285. The summed E-state index contributed by atoms with van der Waals surface area (Å²) in [7, 11) is -1.95. The molecule has 0 N–H and O–H groups in total. The van der Waals surface area contributed by atoms with Gasteiger partial charge in [0, 0.05) is 6.42 Å². The molecule has 0 bridgehead atoms. The van der Waals surface area contributed by atoms with Crippen LogP contribution in [0.5, 0.6) is 0 Å². The second kappa shape index (κ2) is 3.62. The van der Waals surface area contributed by atoms with Gasteiger partial charge in [-0.2, -0.15) is 0 Å². The molecule has 0 unspecified atom stereocenters. The Balaban J connectivity index is 1.91. The number of carbonyl (C=O) groups is 2. The maximum atomic E-state index is 12.6. The SMILES string of the molecule is C[C@]12C[C@@]1(C(=O)O[Si](C)(C)C)N1C(=O)C(Br)(Br)[C@H]1S2. The third-order valence-electron chi connectivity index (χ3n) is 3.91. The standard InChI is InChI=1S/C11H15Br2NO3SSi/c1-9-5-10(9,8(16)17-19(2,3)4)14-6(15)11(12,13)7(14)18-9/h7H,5H2,1-4H3/t7-,9+,10+/m1/s1. The Morgan fingerprint density at radius 2 is 2.05 bits per heavy atom. The van der Waals surface area contributed by atoms with Gasteiger partial charge in [-0.15, -0.1) is 11.8 Å². The molecule has 0 radical (unpaired) electrons. The Kier molecular flexibility index (Phi) is 2.74. The van der Waals surface area contributed by atoms with E-state index < -0.39 is 17.1 Å². The molecule has 3 rings (SSSR count). The van der Waals surface area contributed by atoms with Crippen molar-refractivity contribution in [2.24, 2.45) is 0 Å². The van der Waals surface area contributed by atoms with E-state index >= 15 is 0 Å². The molecule has 0 aromatic heterocycles. The number of alkyl halides is 2. The molecule has 1 saturated carbocycles. The summed E-state index contributed by atoms with van der Waals surface area (Å²) in [6, 6.07) is 0. The number of rotatable bonds is 2. The largest absolute Gasteiger partial charge is 0.518 e. The lowest BCUT2D eigenvalue weighted by molar-refractivity contribution is -0.158. The molecule has 8 heteroatoms. The van der Waals surface area contributed by atoms with E-state index in [4.69, 9.17) is 4.43 Å². The second-order valence-electron chi connectivity index (χ2n) is 6.54. The van der Waals surface area contributed by atoms with Crippen LogP contribution in [0, 0.1) is 0 Å². The normalized spacial score (nSPS) is 42.3. The fraction of sp³-hybridized carbons (Fsp3) is 0.818. The number of thioether (sulfide) groups is 1. The summed E-state index contributed by atoms with van der Waals surface area (Å²) in [5.41, 5.74) is -0.731. The summed E-state index contributed by atoms with van der Waals surface area (Å²) in [6.45, 7) is 8.00. The smallest absolute Gasteiger partial charge is 0.320 e. The number of amides is 1. The molecular weight excluding hydrogens is 414 g/mol. The molecule has 2 heterocycles. The van der Waals surface area contributed by atoms with Gasteiger partial charge < -0.3 is 9.33 Å². The fourth-order valence-corrected chi connectivity index (χ4v) is 6.76. The first kappa shape index (κ1) is 14.4. The summed E-state index contributed by atoms with van der Waals surface area (Å²) in [5, 5.41) is -0.0343. The molecule has 3 atom stereocenters. The molecule has 2 aliphatic heterocycles. The number of hydrogen-bond acceptors (Lipinski definition) is 4. The van der Waals surface area contributed by atoms with E-state index in [-0.39, 0.29) is 22.0 Å². The summed E-state index contributed by atoms with van der Waals surface area (Å²) < 4.78 is 4.75. The van der Waals surface area contributed by atoms with Gasteiger partial charge in [0.25, 0.3) is 5.91 Å². The average molecular weight is 429 g/mol. The van der Waals surface area contributed by atoms with Gasteiger partial charge in [-0.25, -0.2) is 0 Å². The number of fused-ring (bicyclic) bond motifs is 3. The molecular formula is C11H15Br2NO3SSi. The van der Waals surface area contributed by atoms with Crippen LogP contribution in [-0.4, -0.2) is 44.0 Å². The van der Waals surface area contributed by atoms with Gasteiger partial charge in [0.05, 0.1) is 4.75 Å². The third kappa shape index (κ3) is 1.63. The number of carbonyl (C=O) groups excluding carboxylic acids is 2. The first-order valence-corrected chi connectivity index (χ1v) is 12.0. The molecule has 0 aromatic rings. The van der Waals surface area contributed by atoms with Crippen molar-refractivity contribution in [1.82, 2.24) is 4.90 Å². The van der Waals surface area contributed by atoms with E-state index in [2.05, 4.69) is 31.9 Å². The lowest BCUT2D eigenvalue weighted by Gasteiger charge is -2.49. The predicted octanol–water partition coefficient (Wildman–Crippen LogP) is 2.67. The molecule has 1 aliphatic carbocycles. The van der Waals surface area contributed by atoms with Crippen molar-refractivity contribution in [2.45, 2.75) is 51.9 Å². The Hall–Kier alpha value is 0.467. The van der Waals surface area contributed by atoms with Crippen LogP contribution < -0.4 is 0 Å². The lowest BCUT2D eigenvalue weighted by atomic mass is 10.1. The summed E-state index contributed by atoms with van der Waals surface area (Å²) in [4.78, 5) is 26.5. The lowest BCUT2D eigenvalue weighted by Crippen LogP contribution is -2.70. The zero-order valence-corrected chi connectivity index (χ0v) is 16.1. The van der Waals surface area contributed by atoms with Crippen LogP contribution in [0.2, 0.25) is 19.6 Å². The van der Waals surface area contributed by atoms with Gasteiger partial charge in [0.1, 0.15) is 5.37 Å². The predicted molar refractivity (Wildman–Crippen MR) is 84.0 cm³/mol. The van der Waals surface area contributed by atoms with Gasteiger partial charge in [-0.05, 0) is 26.6 Å². The quantitative estimate of drug-likeness (QED) is 0.385. The van der Waals surface area contributed by atoms with Crippen LogP contribution in [-0.2, 0) is 14.0 Å². The Morgan fingerprint density at radius 3 is 2.58 bits per heavy atom. The van der Waals surface area contributed by atoms with E-state index in [0.717, 1.165) is 0 Å². The van der Waals surface area contributed by atoms with Crippen LogP contribution in [0.25, 0.3) is 0 Å². The Morgan fingerprint density at radius 1 is 1.47 bits per heavy atom. The van der Waals surface area contributed by atoms with Gasteiger partial charge in [-0.3, -0.25) is 9.59 Å². The zero-order valence-electron chi connectivity index (χ0n) is 11.1. The minimum atomic E-state index is -1.95. The highest BCUT2D eigenvalue weighted by Crippen LogP contribution is 2.75. The molecule has 2 saturated heterocycles. The number of nitrogens with zero attached hydrogens (tertiary/aromatic N) is 1. The number of halogens is 2. The van der Waals surface area contributed by atoms with E-state index in [0.29, 0.717) is 6.42 Å². The van der Waals surface area contributed by atoms with E-state index in [1.54, 1.807) is 16.7 Å². The maximum absolute atomic E-state index is 12.6. The van der Waals surface area contributed by atoms with Crippen LogP contribution >= 0.6 is 43.6 Å². The van der Waals surface area contributed by atoms with Crippen molar-refractivity contribution in [1.29, 1.82) is 0 Å². The van der Waals surface area contributed by atoms with E-state index in [9.17, 15) is 9.59 Å². The topological polar surface area (TPSA) is 46.6 Å². The van der Waals surface area contributed by atoms with Crippen LogP contribution in [0.15, 0.2) is 0 Å².